The van der Waals surface area contributed by atoms with Crippen LogP contribution in [0.5, 0.6) is 23.0 Å². The van der Waals surface area contributed by atoms with E-state index >= 15 is 0 Å². The number of nitrogens with two attached hydrogens (primary N) is 2. The van der Waals surface area contributed by atoms with Gasteiger partial charge in [0, 0.05) is 35.7 Å². The van der Waals surface area contributed by atoms with Crippen molar-refractivity contribution in [3.63, 3.8) is 0 Å². The molecule has 49 heavy (non-hydrogen) atoms. The number of halogens is 1. The summed E-state index contributed by atoms with van der Waals surface area (Å²) in [6.45, 7) is 1.27. The summed E-state index contributed by atoms with van der Waals surface area (Å²) in [4.78, 5) is 35.5. The second kappa shape index (κ2) is 11.8. The molecule has 1 aliphatic carbocycles. The van der Waals surface area contributed by atoms with E-state index in [0.29, 0.717) is 58.0 Å². The number of carbonyl (C=O) groups is 2. The predicted molar refractivity (Wildman–Crippen MR) is 178 cm³/mol. The Labute approximate surface area is 280 Å². The van der Waals surface area contributed by atoms with Crippen molar-refractivity contribution in [3.8, 4) is 34.3 Å². The van der Waals surface area contributed by atoms with E-state index in [2.05, 4.69) is 10.3 Å². The Morgan fingerprint density at radius 3 is 2.59 bits per heavy atom. The molecule has 0 unspecified atom stereocenters. The molecular formula is C36H34FN5O7. The van der Waals surface area contributed by atoms with E-state index in [1.807, 2.05) is 0 Å². The Balaban J connectivity index is 1.32. The second-order valence-electron chi connectivity index (χ2n) is 12.5. The zero-order valence-electron chi connectivity index (χ0n) is 26.8. The first-order valence-electron chi connectivity index (χ1n) is 15.6. The predicted octanol–water partition coefficient (Wildman–Crippen LogP) is 3.75. The van der Waals surface area contributed by atoms with Crippen LogP contribution in [0, 0.1) is 0 Å². The van der Waals surface area contributed by atoms with Crippen molar-refractivity contribution in [2.24, 2.45) is 10.7 Å². The van der Waals surface area contributed by atoms with Gasteiger partial charge in [-0.3, -0.25) is 14.6 Å². The van der Waals surface area contributed by atoms with E-state index in [-0.39, 0.29) is 42.6 Å². The summed E-state index contributed by atoms with van der Waals surface area (Å²) >= 11 is 0. The van der Waals surface area contributed by atoms with Gasteiger partial charge in [-0.1, -0.05) is 36.4 Å². The topological polar surface area (TPSA) is 181 Å². The summed E-state index contributed by atoms with van der Waals surface area (Å²) in [5, 5.41) is 15.5. The maximum atomic E-state index is 14.3. The lowest BCUT2D eigenvalue weighted by Gasteiger charge is -2.30. The quantitative estimate of drug-likeness (QED) is 0.111. The first kappa shape index (κ1) is 31.9. The Hall–Kier alpha value is -5.69. The number of aliphatic imine (C=N–C) groups is 1. The fraction of sp³-hybridized carbons (Fsp3) is 0.278. The normalized spacial score (nSPS) is 19.5. The minimum atomic E-state index is -1.94. The number of amides is 2. The molecule has 2 amide bonds. The number of benzene rings is 3. The number of para-hydroxylation sites is 1. The molecule has 3 aromatic carbocycles. The van der Waals surface area contributed by atoms with Gasteiger partial charge >= 0.3 is 0 Å². The minimum Gasteiger partial charge on any atom is -0.495 e. The van der Waals surface area contributed by atoms with Crippen LogP contribution in [-0.4, -0.2) is 61.0 Å². The highest BCUT2D eigenvalue weighted by Crippen LogP contribution is 2.50. The number of methoxy groups -OCH3 is 1. The summed E-state index contributed by atoms with van der Waals surface area (Å²) in [6.07, 6.45) is 1.93. The van der Waals surface area contributed by atoms with Crippen LogP contribution >= 0.6 is 0 Å². The maximum Gasteiger partial charge on any atom is 0.251 e. The molecule has 1 saturated carbocycles. The number of alkyl halides is 1. The van der Waals surface area contributed by atoms with Crippen molar-refractivity contribution >= 4 is 23.7 Å². The van der Waals surface area contributed by atoms with Crippen LogP contribution in [-0.2, 0) is 15.8 Å². The van der Waals surface area contributed by atoms with E-state index in [1.165, 1.54) is 25.5 Å². The fourth-order valence-electron chi connectivity index (χ4n) is 5.94. The van der Waals surface area contributed by atoms with Crippen molar-refractivity contribution in [1.29, 1.82) is 0 Å². The van der Waals surface area contributed by atoms with Crippen molar-refractivity contribution in [2.75, 3.05) is 32.8 Å². The molecule has 0 spiro atoms. The Kier molecular flexibility index (Phi) is 7.66. The highest BCUT2D eigenvalue weighted by molar-refractivity contribution is 5.99. The number of rotatable bonds is 10. The number of nitrogen functional groups attached to an aromatic ring is 1. The molecule has 0 saturated heterocycles. The Morgan fingerprint density at radius 2 is 1.88 bits per heavy atom. The van der Waals surface area contributed by atoms with Crippen LogP contribution in [0.2, 0.25) is 0 Å². The standard InChI is InChI=1S/C36H34FN5O7/c1-34(33(39)44)18-47-31-24(34)15-27(42-29(31)23-9-6-10-25-30(23)49-19-48-25)36(45,22-7-4-3-5-8-22)17-40-32(43)20-13-21(16-41-35(37)11-12-35)28(38)26(14-20)46-2/h3-10,13-16,45H,11-12,17-19,38H2,1-2H3,(H2,39,44)(H,40,43)/b41-16+/t34-,36+/m0/s1. The van der Waals surface area contributed by atoms with Crippen molar-refractivity contribution in [3.05, 3.63) is 94.7 Å². The number of nitrogens with zero attached hydrogens (tertiary/aromatic N) is 2. The maximum absolute atomic E-state index is 14.3. The van der Waals surface area contributed by atoms with Gasteiger partial charge in [0.15, 0.2) is 17.3 Å². The molecule has 2 atom stereocenters. The van der Waals surface area contributed by atoms with E-state index in [1.54, 1.807) is 61.5 Å². The lowest BCUT2D eigenvalue weighted by atomic mass is 9.80. The van der Waals surface area contributed by atoms with Gasteiger partial charge in [-0.05, 0) is 42.8 Å². The second-order valence-corrected chi connectivity index (χ2v) is 12.5. The van der Waals surface area contributed by atoms with E-state index in [4.69, 9.17) is 35.4 Å². The Bertz CT molecular complexity index is 2020. The third-order valence-corrected chi connectivity index (χ3v) is 9.20. The number of anilines is 1. The number of aromatic nitrogens is 1. The van der Waals surface area contributed by atoms with Gasteiger partial charge in [-0.2, -0.15) is 0 Å². The molecule has 4 aromatic rings. The lowest BCUT2D eigenvalue weighted by molar-refractivity contribution is -0.123. The third-order valence-electron chi connectivity index (χ3n) is 9.20. The van der Waals surface area contributed by atoms with E-state index < -0.39 is 28.6 Å². The van der Waals surface area contributed by atoms with E-state index in [9.17, 15) is 19.1 Å². The summed E-state index contributed by atoms with van der Waals surface area (Å²) in [5.41, 5.74) is 11.3. The number of aliphatic hydroxyl groups is 1. The van der Waals surface area contributed by atoms with Crippen LogP contribution < -0.4 is 35.7 Å². The summed E-state index contributed by atoms with van der Waals surface area (Å²) in [7, 11) is 1.40. The van der Waals surface area contributed by atoms with Gasteiger partial charge < -0.3 is 40.8 Å². The highest BCUT2D eigenvalue weighted by Gasteiger charge is 2.46. The number of nitrogens with one attached hydrogen (secondary N) is 1. The van der Waals surface area contributed by atoms with E-state index in [0.717, 1.165) is 0 Å². The average molecular weight is 668 g/mol. The zero-order valence-corrected chi connectivity index (χ0v) is 26.8. The fourth-order valence-corrected chi connectivity index (χ4v) is 5.94. The highest BCUT2D eigenvalue weighted by atomic mass is 19.1. The van der Waals surface area contributed by atoms with Gasteiger partial charge in [0.25, 0.3) is 5.91 Å². The lowest BCUT2D eigenvalue weighted by Crippen LogP contribution is -2.43. The zero-order chi connectivity index (χ0) is 34.6. The molecule has 1 fully saturated rings. The molecule has 7 rings (SSSR count). The molecule has 3 aliphatic rings. The summed E-state index contributed by atoms with van der Waals surface area (Å²) in [5.74, 6) is -1.38. The van der Waals surface area contributed by atoms with Gasteiger partial charge in [0.2, 0.25) is 12.7 Å². The van der Waals surface area contributed by atoms with Gasteiger partial charge in [-0.15, -0.1) is 0 Å². The minimum absolute atomic E-state index is 0.00616. The van der Waals surface area contributed by atoms with Crippen LogP contribution in [0.1, 0.15) is 52.5 Å². The van der Waals surface area contributed by atoms with Crippen LogP contribution in [0.4, 0.5) is 10.1 Å². The van der Waals surface area contributed by atoms with Gasteiger partial charge in [0.1, 0.15) is 34.8 Å². The van der Waals surface area contributed by atoms with Gasteiger partial charge in [-0.25, -0.2) is 9.37 Å². The SMILES string of the molecule is COc1cc(C(=O)NC[C@@](O)(c2ccccc2)c2cc3c(c(-c4cccc5c4OCO5)n2)OC[C@]3(C)C(N)=O)cc(/C=N/C2(F)CC2)c1N. The van der Waals surface area contributed by atoms with Crippen molar-refractivity contribution in [1.82, 2.24) is 10.3 Å². The molecule has 2 aliphatic heterocycles. The number of pyridine rings is 1. The molecule has 0 bridgehead atoms. The van der Waals surface area contributed by atoms with Gasteiger partial charge in [0.05, 0.1) is 30.6 Å². The number of hydrogen-bond donors (Lipinski definition) is 4. The molecule has 252 valence electrons. The molecular weight excluding hydrogens is 633 g/mol. The monoisotopic (exact) mass is 667 g/mol. The largest absolute Gasteiger partial charge is 0.495 e. The molecule has 0 radical (unpaired) electrons. The number of primary amides is 1. The number of fused-ring (bicyclic) bond motifs is 2. The third kappa shape index (κ3) is 5.55. The molecule has 6 N–H and O–H groups in total. The van der Waals surface area contributed by atoms with Crippen LogP contribution in [0.25, 0.3) is 11.3 Å². The molecule has 12 nitrogen and oxygen atoms in total. The number of carbonyl (C=O) groups excluding carboxylic acids is 2. The average Bonchev–Trinajstić information content (AvgIpc) is 3.47. The molecule has 3 heterocycles. The van der Waals surface area contributed by atoms with Crippen molar-refractivity contribution in [2.45, 2.75) is 36.6 Å². The molecule has 13 heteroatoms. The van der Waals surface area contributed by atoms with Crippen molar-refractivity contribution < 1.29 is 38.0 Å². The smallest absolute Gasteiger partial charge is 0.251 e. The van der Waals surface area contributed by atoms with Crippen LogP contribution in [0.3, 0.4) is 0 Å². The summed E-state index contributed by atoms with van der Waals surface area (Å²) < 4.78 is 37.1. The first-order chi connectivity index (χ1) is 23.5. The molecule has 1 aromatic heterocycles. The summed E-state index contributed by atoms with van der Waals surface area (Å²) in [6, 6.07) is 18.5. The van der Waals surface area contributed by atoms with Crippen LogP contribution in [0.15, 0.2) is 71.7 Å². The Morgan fingerprint density at radius 1 is 1.10 bits per heavy atom. The number of ether oxygens (including phenoxy) is 4. The number of hydrogen-bond acceptors (Lipinski definition) is 10. The first-order valence-corrected chi connectivity index (χ1v) is 15.6.